The molecule has 8 heteroatoms. The second-order valence-electron chi connectivity index (χ2n) is 5.42. The molecule has 0 bridgehead atoms. The molecule has 112 valence electrons. The first-order valence-electron chi connectivity index (χ1n) is 5.97. The number of hydrogen-bond acceptors (Lipinski definition) is 2. The van der Waals surface area contributed by atoms with Gasteiger partial charge in [-0.1, -0.05) is 19.6 Å². The van der Waals surface area contributed by atoms with E-state index in [1.807, 2.05) is 13.3 Å². The van der Waals surface area contributed by atoms with Crippen LogP contribution in [0.4, 0.5) is 0 Å². The first-order chi connectivity index (χ1) is 8.63. The van der Waals surface area contributed by atoms with Crippen molar-refractivity contribution in [3.8, 4) is 0 Å². The van der Waals surface area contributed by atoms with Gasteiger partial charge in [0.15, 0.2) is 0 Å². The third-order valence-electron chi connectivity index (χ3n) is 2.57. The summed E-state index contributed by atoms with van der Waals surface area (Å²) in [6.07, 6.45) is 1.85. The second-order valence-corrected chi connectivity index (χ2v) is 46.4. The van der Waals surface area contributed by atoms with Crippen LogP contribution < -0.4 is 0 Å². The molecule has 0 aliphatic heterocycles. The molecule has 0 radical (unpaired) electrons. The molecule has 0 aliphatic carbocycles. The van der Waals surface area contributed by atoms with Crippen molar-refractivity contribution in [3.63, 3.8) is 0 Å². The maximum absolute atomic E-state index is 5.65. The average Bonchev–Trinajstić information content (AvgIpc) is 2.53. The molecule has 19 heavy (non-hydrogen) atoms. The number of rotatable bonds is 5. The summed E-state index contributed by atoms with van der Waals surface area (Å²) in [5.74, 6) is 0. The fourth-order valence-corrected chi connectivity index (χ4v) is 1.97. The maximum atomic E-state index is 5.65. The van der Waals surface area contributed by atoms with Crippen molar-refractivity contribution in [2.24, 2.45) is 0 Å². The van der Waals surface area contributed by atoms with Crippen molar-refractivity contribution in [2.75, 3.05) is 6.61 Å². The number of hydrogen-bond donors (Lipinski definition) is 0. The Hall–Kier alpha value is 2.16. The van der Waals surface area contributed by atoms with Crippen molar-refractivity contribution >= 4 is 68.0 Å². The summed E-state index contributed by atoms with van der Waals surface area (Å²) < 4.78 is 7.70. The molecule has 0 atom stereocenters. The average molecular weight is 658 g/mol. The van der Waals surface area contributed by atoms with Crippen molar-refractivity contribution in [1.29, 1.82) is 0 Å². The molecule has 0 amide bonds. The van der Waals surface area contributed by atoms with Gasteiger partial charge in [0.2, 0.25) is 0 Å². The molecular weight excluding hydrogens is 636 g/mol. The van der Waals surface area contributed by atoms with Gasteiger partial charge in [-0.05, 0) is 19.9 Å². The van der Waals surface area contributed by atoms with Gasteiger partial charge in [0.05, 0.1) is 12.0 Å². The van der Waals surface area contributed by atoms with Crippen LogP contribution in [-0.2, 0) is 16.4 Å². The Kier molecular flexibility index (Phi) is 12.0. The Morgan fingerprint density at radius 2 is 1.79 bits per heavy atom. The van der Waals surface area contributed by atoms with Crippen molar-refractivity contribution in [3.05, 3.63) is 17.7 Å². The summed E-state index contributed by atoms with van der Waals surface area (Å²) in [6, 6.07) is 1.22. The van der Waals surface area contributed by atoms with Gasteiger partial charge in [-0.3, -0.25) is 0 Å². The van der Waals surface area contributed by atoms with Crippen LogP contribution in [0.15, 0.2) is 6.33 Å². The van der Waals surface area contributed by atoms with E-state index in [0.29, 0.717) is 6.73 Å². The van der Waals surface area contributed by atoms with E-state index in [9.17, 15) is 0 Å². The van der Waals surface area contributed by atoms with Gasteiger partial charge in [-0.15, -0.1) is 0 Å². The van der Waals surface area contributed by atoms with E-state index in [0.717, 1.165) is 12.3 Å². The van der Waals surface area contributed by atoms with Crippen LogP contribution in [0.3, 0.4) is 0 Å². The molecule has 1 rings (SSSR count). The molecular formula is C11H22I3N2OSiV. The van der Waals surface area contributed by atoms with E-state index in [1.54, 1.807) is 0 Å². The van der Waals surface area contributed by atoms with E-state index < -0.39 is 8.07 Å². The summed E-state index contributed by atoms with van der Waals surface area (Å²) >= 11 is 7.39. The number of aromatic nitrogens is 2. The molecule has 0 saturated heterocycles. The molecule has 1 heterocycles. The van der Waals surface area contributed by atoms with Crippen molar-refractivity contribution < 1.29 is 9.66 Å². The normalized spacial score (nSPS) is 11.4. The van der Waals surface area contributed by atoms with E-state index in [2.05, 4.69) is 96.1 Å². The van der Waals surface area contributed by atoms with E-state index in [4.69, 9.17) is 4.74 Å². The molecule has 0 aromatic carbocycles. The first-order valence-corrected chi connectivity index (χ1v) is 23.2. The van der Waals surface area contributed by atoms with Crippen LogP contribution in [0.1, 0.15) is 11.4 Å². The zero-order valence-electron chi connectivity index (χ0n) is 12.1. The molecule has 0 saturated carbocycles. The molecule has 0 fully saturated rings. The quantitative estimate of drug-likeness (QED) is 0.239. The van der Waals surface area contributed by atoms with Crippen LogP contribution in [0, 0.1) is 13.8 Å². The Morgan fingerprint density at radius 3 is 2.16 bits per heavy atom. The Morgan fingerprint density at radius 1 is 1.26 bits per heavy atom. The third-order valence-corrected chi connectivity index (χ3v) is 4.28. The third kappa shape index (κ3) is 12.4. The minimum atomic E-state index is -0.954. The topological polar surface area (TPSA) is 27.1 Å². The zero-order chi connectivity index (χ0) is 15.1. The predicted molar refractivity (Wildman–Crippen MR) is 108 cm³/mol. The molecule has 1 aromatic rings. The van der Waals surface area contributed by atoms with Crippen LogP contribution in [0.25, 0.3) is 0 Å². The Balaban J connectivity index is 0.000000711. The second kappa shape index (κ2) is 10.8. The minimum absolute atomic E-state index is 0.278. The number of ether oxygens (including phenoxy) is 1. The fourth-order valence-electron chi connectivity index (χ4n) is 1.22. The fraction of sp³-hybridized carbons (Fsp3) is 0.727. The van der Waals surface area contributed by atoms with Gasteiger partial charge in [0.25, 0.3) is 0 Å². The van der Waals surface area contributed by atoms with Gasteiger partial charge in [-0.25, -0.2) is 4.98 Å². The van der Waals surface area contributed by atoms with Crippen LogP contribution in [0.2, 0.25) is 25.7 Å². The molecule has 0 N–H and O–H groups in total. The number of halogens is 3. The molecule has 3 nitrogen and oxygen atoms in total. The SMILES string of the molecule is Cc1ncn(COCC[Si](C)(C)C)c1C.[I][V]([I])[I]. The van der Waals surface area contributed by atoms with Crippen LogP contribution >= 0.6 is 59.9 Å². The first kappa shape index (κ1) is 21.2. The van der Waals surface area contributed by atoms with Crippen LogP contribution in [-0.4, -0.2) is 24.2 Å². The number of aryl methyl sites for hydroxylation is 1. The summed E-state index contributed by atoms with van der Waals surface area (Å²) in [7, 11) is -0.954. The van der Waals surface area contributed by atoms with Crippen molar-refractivity contribution in [2.45, 2.75) is 46.3 Å². The zero-order valence-corrected chi connectivity index (χ0v) is 21.0. The Labute approximate surface area is 155 Å². The number of imidazole rings is 1. The predicted octanol–water partition coefficient (Wildman–Crippen LogP) is 5.47. The van der Waals surface area contributed by atoms with Gasteiger partial charge >= 0.3 is 64.9 Å². The van der Waals surface area contributed by atoms with Gasteiger partial charge in [-0.2, -0.15) is 0 Å². The molecule has 0 spiro atoms. The summed E-state index contributed by atoms with van der Waals surface area (Å²) in [6.45, 7) is 12.7. The Bertz CT molecular complexity index is 367. The van der Waals surface area contributed by atoms with Gasteiger partial charge in [0, 0.05) is 20.4 Å². The van der Waals surface area contributed by atoms with Gasteiger partial charge < -0.3 is 9.30 Å². The standard InChI is InChI=1S/C11H22N2OSi.3HI.V/c1-10-11(2)13(8-12-10)9-14-6-7-15(3,4)5;;;;/h8H,6-7,9H2,1-5H3;3*1H;/q;;;;+3/p-3. The van der Waals surface area contributed by atoms with Crippen LogP contribution in [0.5, 0.6) is 0 Å². The molecule has 0 unspecified atom stereocenters. The van der Waals surface area contributed by atoms with Gasteiger partial charge in [0.1, 0.15) is 6.73 Å². The summed E-state index contributed by atoms with van der Waals surface area (Å²) in [4.78, 5) is 3.96. The monoisotopic (exact) mass is 658 g/mol. The summed E-state index contributed by atoms with van der Waals surface area (Å²) in [5, 5.41) is 0. The molecule has 0 aliphatic rings. The number of nitrogens with zero attached hydrogens (tertiary/aromatic N) is 2. The van der Waals surface area contributed by atoms with E-state index >= 15 is 0 Å². The summed E-state index contributed by atoms with van der Waals surface area (Å²) in [5.41, 5.74) is 2.28. The van der Waals surface area contributed by atoms with E-state index in [1.165, 1.54) is 11.7 Å². The van der Waals surface area contributed by atoms with Crippen molar-refractivity contribution in [1.82, 2.24) is 9.55 Å². The molecule has 1 aromatic heterocycles. The van der Waals surface area contributed by atoms with E-state index in [-0.39, 0.29) is 4.92 Å².